The second-order valence-electron chi connectivity index (χ2n) is 10.1. The first-order chi connectivity index (χ1) is 15.3. The van der Waals surface area contributed by atoms with Crippen LogP contribution in [0.2, 0.25) is 0 Å². The highest BCUT2D eigenvalue weighted by Crippen LogP contribution is 2.64. The Morgan fingerprint density at radius 3 is 2.30 bits per heavy atom. The molecule has 2 fully saturated rings. The van der Waals surface area contributed by atoms with Crippen LogP contribution in [0.25, 0.3) is 0 Å². The molecule has 0 radical (unpaired) electrons. The molecule has 9 atom stereocenters. The predicted octanol–water partition coefficient (Wildman–Crippen LogP) is 1.35. The van der Waals surface area contributed by atoms with Gasteiger partial charge in [-0.15, -0.1) is 0 Å². The summed E-state index contributed by atoms with van der Waals surface area (Å²) in [6.45, 7) is 9.43. The van der Waals surface area contributed by atoms with Crippen LogP contribution < -0.4 is 0 Å². The van der Waals surface area contributed by atoms with Crippen molar-refractivity contribution in [2.75, 3.05) is 0 Å². The SMILES string of the molecule is CC(=O)OC1CC(C)=CC2OC(=O)C3(C)OC23C(O)C2C(C)=CCC(OC(C)=O)C2(C)C1O. The summed E-state index contributed by atoms with van der Waals surface area (Å²) in [4.78, 5) is 36.5. The summed E-state index contributed by atoms with van der Waals surface area (Å²) in [6, 6.07) is 0. The van der Waals surface area contributed by atoms with Crippen molar-refractivity contribution >= 4 is 17.9 Å². The fraction of sp³-hybridized carbons (Fsp3) is 0.708. The fourth-order valence-corrected chi connectivity index (χ4v) is 6.25. The average Bonchev–Trinajstić information content (AvgIpc) is 3.29. The van der Waals surface area contributed by atoms with Crippen LogP contribution >= 0.6 is 0 Å². The van der Waals surface area contributed by atoms with Crippen molar-refractivity contribution in [3.8, 4) is 0 Å². The van der Waals surface area contributed by atoms with E-state index in [1.54, 1.807) is 26.8 Å². The maximum atomic E-state index is 12.7. The van der Waals surface area contributed by atoms with Crippen molar-refractivity contribution in [2.45, 2.75) is 96.1 Å². The van der Waals surface area contributed by atoms with Crippen molar-refractivity contribution in [3.63, 3.8) is 0 Å². The maximum Gasteiger partial charge on any atom is 0.342 e. The Hall–Kier alpha value is -2.23. The molecule has 2 saturated heterocycles. The quantitative estimate of drug-likeness (QED) is 0.269. The molecule has 182 valence electrons. The summed E-state index contributed by atoms with van der Waals surface area (Å²) in [7, 11) is 0. The number of carbonyl (C=O) groups is 3. The van der Waals surface area contributed by atoms with Crippen molar-refractivity contribution in [2.24, 2.45) is 11.3 Å². The van der Waals surface area contributed by atoms with E-state index in [0.717, 1.165) is 5.57 Å². The van der Waals surface area contributed by atoms with Crippen LogP contribution in [0, 0.1) is 11.3 Å². The first-order valence-corrected chi connectivity index (χ1v) is 11.2. The van der Waals surface area contributed by atoms with E-state index in [1.165, 1.54) is 13.8 Å². The number of rotatable bonds is 2. The van der Waals surface area contributed by atoms with Crippen LogP contribution in [0.15, 0.2) is 23.3 Å². The van der Waals surface area contributed by atoms with Gasteiger partial charge in [-0.1, -0.05) is 24.1 Å². The number of ether oxygens (including phenoxy) is 4. The number of fused-ring (bicyclic) bond motifs is 1. The smallest absolute Gasteiger partial charge is 0.342 e. The molecule has 33 heavy (non-hydrogen) atoms. The van der Waals surface area contributed by atoms with Crippen LogP contribution in [-0.4, -0.2) is 69.8 Å². The van der Waals surface area contributed by atoms with Gasteiger partial charge in [-0.25, -0.2) is 4.79 Å². The highest BCUT2D eigenvalue weighted by molar-refractivity contribution is 5.89. The molecular formula is C24H32O9. The molecular weight excluding hydrogens is 432 g/mol. The minimum atomic E-state index is -1.35. The largest absolute Gasteiger partial charge is 0.462 e. The van der Waals surface area contributed by atoms with E-state index in [1.807, 2.05) is 13.0 Å². The Morgan fingerprint density at radius 1 is 1.09 bits per heavy atom. The molecule has 9 unspecified atom stereocenters. The van der Waals surface area contributed by atoms with E-state index in [4.69, 9.17) is 18.9 Å². The predicted molar refractivity (Wildman–Crippen MR) is 114 cm³/mol. The number of carbonyl (C=O) groups excluding carboxylic acids is 3. The third-order valence-electron chi connectivity index (χ3n) is 7.96. The van der Waals surface area contributed by atoms with Gasteiger partial charge in [0.1, 0.15) is 18.3 Å². The zero-order valence-corrected chi connectivity index (χ0v) is 19.8. The molecule has 0 aromatic rings. The van der Waals surface area contributed by atoms with E-state index < -0.39 is 71.0 Å². The molecule has 1 spiro atoms. The Labute approximate surface area is 192 Å². The van der Waals surface area contributed by atoms with Crippen LogP contribution in [0.4, 0.5) is 0 Å². The minimum absolute atomic E-state index is 0.162. The van der Waals surface area contributed by atoms with Crippen molar-refractivity contribution in [1.29, 1.82) is 0 Å². The topological polar surface area (TPSA) is 132 Å². The normalized spacial score (nSPS) is 46.5. The molecule has 2 N–H and O–H groups in total. The number of hydrogen-bond acceptors (Lipinski definition) is 9. The minimum Gasteiger partial charge on any atom is -0.462 e. The van der Waals surface area contributed by atoms with E-state index in [2.05, 4.69) is 0 Å². The van der Waals surface area contributed by atoms with Gasteiger partial charge in [-0.2, -0.15) is 0 Å². The Morgan fingerprint density at radius 2 is 1.73 bits per heavy atom. The van der Waals surface area contributed by atoms with Gasteiger partial charge < -0.3 is 29.2 Å². The van der Waals surface area contributed by atoms with Crippen LogP contribution in [0.5, 0.6) is 0 Å². The third kappa shape index (κ3) is 3.27. The Bertz CT molecular complexity index is 954. The average molecular weight is 465 g/mol. The van der Waals surface area contributed by atoms with E-state index in [-0.39, 0.29) is 6.42 Å². The molecule has 9 nitrogen and oxygen atoms in total. The van der Waals surface area contributed by atoms with Gasteiger partial charge in [0.25, 0.3) is 0 Å². The third-order valence-corrected chi connectivity index (χ3v) is 7.96. The standard InChI is InChI=1S/C24H32O9/c1-11-9-15(30-13(3)25)19(27)22(5)16(31-14(4)26)8-7-12(2)18(22)20(28)24-17(10-11)32-21(29)23(24,6)33-24/h7,10,15-20,27-28H,8-9H2,1-6H3. The van der Waals surface area contributed by atoms with Crippen LogP contribution in [-0.2, 0) is 33.3 Å². The summed E-state index contributed by atoms with van der Waals surface area (Å²) < 4.78 is 22.7. The molecule has 0 aromatic heterocycles. The number of aliphatic hydroxyl groups excluding tert-OH is 2. The first-order valence-electron chi connectivity index (χ1n) is 11.2. The van der Waals surface area contributed by atoms with Gasteiger partial charge in [0.2, 0.25) is 0 Å². The molecule has 9 heteroatoms. The zero-order valence-electron chi connectivity index (χ0n) is 19.8. The lowest BCUT2D eigenvalue weighted by Crippen LogP contribution is -2.62. The van der Waals surface area contributed by atoms with Gasteiger partial charge in [0.15, 0.2) is 17.3 Å². The molecule has 4 rings (SSSR count). The monoisotopic (exact) mass is 464 g/mol. The molecule has 0 amide bonds. The summed E-state index contributed by atoms with van der Waals surface area (Å²) in [5.74, 6) is -2.45. The summed E-state index contributed by atoms with van der Waals surface area (Å²) in [5, 5.41) is 23.6. The Kier molecular flexibility index (Phi) is 5.54. The lowest BCUT2D eigenvalue weighted by Gasteiger charge is -2.52. The second-order valence-corrected chi connectivity index (χ2v) is 10.1. The van der Waals surface area contributed by atoms with Gasteiger partial charge in [0.05, 0.1) is 6.10 Å². The summed E-state index contributed by atoms with van der Waals surface area (Å²) in [5.41, 5.74) is -2.50. The molecule has 0 saturated carbocycles. The van der Waals surface area contributed by atoms with E-state index >= 15 is 0 Å². The van der Waals surface area contributed by atoms with Crippen molar-refractivity contribution in [3.05, 3.63) is 23.3 Å². The van der Waals surface area contributed by atoms with Crippen LogP contribution in [0.1, 0.15) is 54.4 Å². The second kappa shape index (κ2) is 7.65. The Balaban J connectivity index is 1.92. The number of aliphatic hydroxyl groups is 2. The van der Waals surface area contributed by atoms with Gasteiger partial charge in [-0.3, -0.25) is 9.59 Å². The molecule has 2 aliphatic heterocycles. The molecule has 4 aliphatic rings. The van der Waals surface area contributed by atoms with Crippen molar-refractivity contribution < 1.29 is 43.5 Å². The van der Waals surface area contributed by atoms with Gasteiger partial charge in [0, 0.05) is 38.0 Å². The lowest BCUT2D eigenvalue weighted by atomic mass is 9.56. The molecule has 2 heterocycles. The maximum absolute atomic E-state index is 12.7. The van der Waals surface area contributed by atoms with Crippen molar-refractivity contribution in [1.82, 2.24) is 0 Å². The number of esters is 3. The fourth-order valence-electron chi connectivity index (χ4n) is 6.25. The summed E-state index contributed by atoms with van der Waals surface area (Å²) >= 11 is 0. The number of epoxide rings is 1. The summed E-state index contributed by atoms with van der Waals surface area (Å²) in [6.07, 6.45) is -1.20. The van der Waals surface area contributed by atoms with Gasteiger partial charge >= 0.3 is 17.9 Å². The zero-order chi connectivity index (χ0) is 24.5. The molecule has 2 aliphatic carbocycles. The number of hydrogen-bond donors (Lipinski definition) is 2. The molecule has 0 bridgehead atoms. The van der Waals surface area contributed by atoms with Gasteiger partial charge in [-0.05, 0) is 26.8 Å². The van der Waals surface area contributed by atoms with Crippen LogP contribution in [0.3, 0.4) is 0 Å². The van der Waals surface area contributed by atoms with E-state index in [0.29, 0.717) is 12.0 Å². The highest BCUT2D eigenvalue weighted by Gasteiger charge is 2.86. The molecule has 0 aromatic carbocycles. The van der Waals surface area contributed by atoms with E-state index in [9.17, 15) is 24.6 Å². The lowest BCUT2D eigenvalue weighted by molar-refractivity contribution is -0.197. The highest BCUT2D eigenvalue weighted by atomic mass is 16.7. The first kappa shape index (κ1) is 23.9.